The van der Waals surface area contributed by atoms with Crippen LogP contribution in [0, 0.1) is 6.92 Å². The first-order valence-electron chi connectivity index (χ1n) is 10.8. The Balaban J connectivity index is 1.54. The Kier molecular flexibility index (Phi) is 5.40. The van der Waals surface area contributed by atoms with Crippen LogP contribution in [0.25, 0.3) is 28.5 Å². The van der Waals surface area contributed by atoms with Crippen LogP contribution in [-0.4, -0.2) is 42.8 Å². The molecule has 1 fully saturated rings. The Bertz CT molecular complexity index is 1260. The van der Waals surface area contributed by atoms with Crippen molar-refractivity contribution in [3.63, 3.8) is 0 Å². The van der Waals surface area contributed by atoms with E-state index >= 15 is 0 Å². The molecule has 1 aliphatic heterocycles. The number of hydrogen-bond acceptors (Lipinski definition) is 8. The van der Waals surface area contributed by atoms with E-state index in [1.807, 2.05) is 29.7 Å². The monoisotopic (exact) mass is 432 g/mol. The van der Waals surface area contributed by atoms with Gasteiger partial charge in [-0.1, -0.05) is 0 Å². The lowest BCUT2D eigenvalue weighted by atomic mass is 10.0. The van der Waals surface area contributed by atoms with E-state index in [9.17, 15) is 4.79 Å². The SMILES string of the molecule is Cc1cnc2ccc(-c3nc(C(=O)CCC4CCCCO4)c(N)nc3-c3ncco3)cn12. The zero-order valence-electron chi connectivity index (χ0n) is 17.8. The van der Waals surface area contributed by atoms with Crippen LogP contribution in [0.15, 0.2) is 41.4 Å². The third-order valence-corrected chi connectivity index (χ3v) is 5.75. The molecule has 0 bridgehead atoms. The fourth-order valence-electron chi connectivity index (χ4n) is 4.03. The van der Waals surface area contributed by atoms with Crippen LogP contribution in [0.4, 0.5) is 5.82 Å². The number of imidazole rings is 1. The van der Waals surface area contributed by atoms with Gasteiger partial charge < -0.3 is 19.3 Å². The molecule has 4 aromatic heterocycles. The van der Waals surface area contributed by atoms with Crippen molar-refractivity contribution in [3.8, 4) is 22.8 Å². The number of ketones is 1. The summed E-state index contributed by atoms with van der Waals surface area (Å²) in [4.78, 5) is 30.7. The van der Waals surface area contributed by atoms with Crippen molar-refractivity contribution in [3.05, 3.63) is 48.4 Å². The summed E-state index contributed by atoms with van der Waals surface area (Å²) in [6, 6.07) is 3.78. The maximum Gasteiger partial charge on any atom is 0.247 e. The Morgan fingerprint density at radius 2 is 2.12 bits per heavy atom. The van der Waals surface area contributed by atoms with E-state index < -0.39 is 0 Å². The molecule has 0 radical (unpaired) electrons. The Hall–Kier alpha value is -3.59. The molecule has 0 aliphatic carbocycles. The molecule has 4 aromatic rings. The van der Waals surface area contributed by atoms with Crippen molar-refractivity contribution in [2.24, 2.45) is 0 Å². The molecular formula is C23H24N6O3. The highest BCUT2D eigenvalue weighted by molar-refractivity contribution is 5.99. The van der Waals surface area contributed by atoms with E-state index in [2.05, 4.69) is 19.9 Å². The lowest BCUT2D eigenvalue weighted by molar-refractivity contribution is 0.0104. The number of hydrogen-bond donors (Lipinski definition) is 1. The van der Waals surface area contributed by atoms with E-state index in [0.29, 0.717) is 24.2 Å². The number of nitrogens with two attached hydrogens (primary N) is 1. The summed E-state index contributed by atoms with van der Waals surface area (Å²) in [6.07, 6.45) is 11.0. The molecule has 1 aliphatic rings. The standard InChI is InChI=1S/C23H24N6O3/c1-14-12-26-18-8-5-15(13-29(14)18)19-21(23-25-9-11-32-23)28-22(24)20(27-19)17(30)7-6-16-4-2-3-10-31-16/h5,8-9,11-13,16H,2-4,6-7,10H2,1H3,(H2,24,28). The molecule has 9 heteroatoms. The van der Waals surface area contributed by atoms with Crippen molar-refractivity contribution in [2.45, 2.75) is 45.1 Å². The molecule has 2 N–H and O–H groups in total. The topological polar surface area (TPSA) is 121 Å². The second-order valence-electron chi connectivity index (χ2n) is 7.99. The van der Waals surface area contributed by atoms with Crippen molar-refractivity contribution >= 4 is 17.2 Å². The highest BCUT2D eigenvalue weighted by Gasteiger charge is 2.23. The van der Waals surface area contributed by atoms with E-state index in [4.69, 9.17) is 14.9 Å². The van der Waals surface area contributed by atoms with Crippen molar-refractivity contribution in [2.75, 3.05) is 12.3 Å². The fourth-order valence-corrected chi connectivity index (χ4v) is 4.03. The summed E-state index contributed by atoms with van der Waals surface area (Å²) in [6.45, 7) is 2.72. The number of rotatable bonds is 6. The average molecular weight is 432 g/mol. The molecule has 164 valence electrons. The van der Waals surface area contributed by atoms with Crippen LogP contribution in [0.2, 0.25) is 0 Å². The summed E-state index contributed by atoms with van der Waals surface area (Å²) in [7, 11) is 0. The first-order valence-corrected chi connectivity index (χ1v) is 10.8. The van der Waals surface area contributed by atoms with Crippen molar-refractivity contribution in [1.29, 1.82) is 0 Å². The first kappa shape index (κ1) is 20.3. The number of oxazole rings is 1. The molecule has 5 rings (SSSR count). The van der Waals surface area contributed by atoms with Crippen LogP contribution >= 0.6 is 0 Å². The van der Waals surface area contributed by atoms with Crippen LogP contribution in [0.5, 0.6) is 0 Å². The number of Topliss-reactive ketones (excluding diaryl/α,β-unsaturated/α-hetero) is 1. The summed E-state index contributed by atoms with van der Waals surface area (Å²) in [5.41, 5.74) is 9.75. The van der Waals surface area contributed by atoms with Crippen LogP contribution in [0.3, 0.4) is 0 Å². The molecule has 1 atom stereocenters. The smallest absolute Gasteiger partial charge is 0.247 e. The number of nitrogens with zero attached hydrogens (tertiary/aromatic N) is 5. The average Bonchev–Trinajstić information content (AvgIpc) is 3.48. The summed E-state index contributed by atoms with van der Waals surface area (Å²) < 4.78 is 13.2. The molecule has 1 unspecified atom stereocenters. The molecule has 5 heterocycles. The van der Waals surface area contributed by atoms with E-state index in [0.717, 1.165) is 42.8 Å². The number of fused-ring (bicyclic) bond motifs is 1. The van der Waals surface area contributed by atoms with Crippen molar-refractivity contribution < 1.29 is 13.9 Å². The Labute approximate surface area is 184 Å². The van der Waals surface area contributed by atoms with Gasteiger partial charge >= 0.3 is 0 Å². The second-order valence-corrected chi connectivity index (χ2v) is 7.99. The third kappa shape index (κ3) is 3.87. The number of ether oxygens (including phenoxy) is 1. The molecular weight excluding hydrogens is 408 g/mol. The third-order valence-electron chi connectivity index (χ3n) is 5.75. The van der Waals surface area contributed by atoms with Gasteiger partial charge in [-0.3, -0.25) is 4.79 Å². The molecule has 32 heavy (non-hydrogen) atoms. The molecule has 9 nitrogen and oxygen atoms in total. The van der Waals surface area contributed by atoms with Gasteiger partial charge in [0.25, 0.3) is 0 Å². The number of aromatic nitrogens is 5. The van der Waals surface area contributed by atoms with Gasteiger partial charge in [-0.25, -0.2) is 19.9 Å². The highest BCUT2D eigenvalue weighted by atomic mass is 16.5. The summed E-state index contributed by atoms with van der Waals surface area (Å²) in [5, 5.41) is 0. The Morgan fingerprint density at radius 1 is 1.22 bits per heavy atom. The maximum absolute atomic E-state index is 13.0. The minimum Gasteiger partial charge on any atom is -0.443 e. The summed E-state index contributed by atoms with van der Waals surface area (Å²) in [5.74, 6) is 0.205. The molecule has 0 spiro atoms. The van der Waals surface area contributed by atoms with E-state index in [1.165, 1.54) is 12.5 Å². The molecule has 0 amide bonds. The van der Waals surface area contributed by atoms with Gasteiger partial charge in [0, 0.05) is 36.7 Å². The zero-order valence-corrected chi connectivity index (χ0v) is 17.8. The van der Waals surface area contributed by atoms with Gasteiger partial charge in [-0.15, -0.1) is 0 Å². The van der Waals surface area contributed by atoms with Crippen LogP contribution < -0.4 is 5.73 Å². The Morgan fingerprint density at radius 3 is 2.91 bits per heavy atom. The number of anilines is 1. The predicted octanol–water partition coefficient (Wildman–Crippen LogP) is 3.87. The van der Waals surface area contributed by atoms with Gasteiger partial charge in [-0.2, -0.15) is 0 Å². The van der Waals surface area contributed by atoms with Gasteiger partial charge in [0.15, 0.2) is 17.3 Å². The fraction of sp³-hybridized carbons (Fsp3) is 0.348. The van der Waals surface area contributed by atoms with Crippen LogP contribution in [-0.2, 0) is 4.74 Å². The van der Waals surface area contributed by atoms with Gasteiger partial charge in [-0.05, 0) is 44.7 Å². The number of carbonyl (C=O) groups excluding carboxylic acids is 1. The molecule has 1 saturated heterocycles. The zero-order chi connectivity index (χ0) is 22.1. The van der Waals surface area contributed by atoms with Gasteiger partial charge in [0.1, 0.15) is 23.3 Å². The number of pyridine rings is 1. The first-order chi connectivity index (χ1) is 15.6. The maximum atomic E-state index is 13.0. The number of nitrogen functional groups attached to an aromatic ring is 1. The van der Waals surface area contributed by atoms with Crippen molar-refractivity contribution in [1.82, 2.24) is 24.3 Å². The largest absolute Gasteiger partial charge is 0.443 e. The van der Waals surface area contributed by atoms with Crippen LogP contribution in [0.1, 0.15) is 48.3 Å². The highest BCUT2D eigenvalue weighted by Crippen LogP contribution is 2.31. The second kappa shape index (κ2) is 8.51. The van der Waals surface area contributed by atoms with Gasteiger partial charge in [0.2, 0.25) is 5.89 Å². The number of aryl methyl sites for hydroxylation is 1. The summed E-state index contributed by atoms with van der Waals surface area (Å²) >= 11 is 0. The molecule has 0 saturated carbocycles. The normalized spacial score (nSPS) is 16.5. The van der Waals surface area contributed by atoms with E-state index in [1.54, 1.807) is 6.20 Å². The lowest BCUT2D eigenvalue weighted by Gasteiger charge is -2.22. The van der Waals surface area contributed by atoms with Gasteiger partial charge in [0.05, 0.1) is 12.3 Å². The predicted molar refractivity (Wildman–Crippen MR) is 118 cm³/mol. The molecule has 0 aromatic carbocycles. The minimum absolute atomic E-state index is 0.0661. The lowest BCUT2D eigenvalue weighted by Crippen LogP contribution is -2.20. The number of carbonyl (C=O) groups is 1. The minimum atomic E-state index is -0.149. The van der Waals surface area contributed by atoms with E-state index in [-0.39, 0.29) is 29.3 Å². The quantitative estimate of drug-likeness (QED) is 0.456.